The second kappa shape index (κ2) is 13.0. The van der Waals surface area contributed by atoms with Crippen molar-refractivity contribution in [3.8, 4) is 5.75 Å². The van der Waals surface area contributed by atoms with E-state index in [1.54, 1.807) is 0 Å². The van der Waals surface area contributed by atoms with E-state index in [-0.39, 0.29) is 35.8 Å². The third-order valence-electron chi connectivity index (χ3n) is 4.34. The number of aryl methyl sites for hydroxylation is 1. The van der Waals surface area contributed by atoms with Gasteiger partial charge in [0.25, 0.3) is 0 Å². The first-order chi connectivity index (χ1) is 13.9. The summed E-state index contributed by atoms with van der Waals surface area (Å²) >= 11 is 0. The molecule has 0 aliphatic heterocycles. The fraction of sp³-hybridized carbons (Fsp3) is 0.500. The number of rotatable bonds is 10. The van der Waals surface area contributed by atoms with Gasteiger partial charge in [0.2, 0.25) is 0 Å². The van der Waals surface area contributed by atoms with Crippen LogP contribution >= 0.6 is 24.0 Å². The number of nitrogens with zero attached hydrogens (tertiary/aromatic N) is 4. The van der Waals surface area contributed by atoms with E-state index in [0.717, 1.165) is 29.8 Å². The number of nitrogens with one attached hydrogen (secondary N) is 2. The van der Waals surface area contributed by atoms with Gasteiger partial charge in [-0.15, -0.1) is 24.0 Å². The van der Waals surface area contributed by atoms with Crippen LogP contribution in [0.2, 0.25) is 0 Å². The van der Waals surface area contributed by atoms with E-state index in [2.05, 4.69) is 40.6 Å². The smallest absolute Gasteiger partial charge is 0.306 e. The van der Waals surface area contributed by atoms with Gasteiger partial charge in [0, 0.05) is 18.7 Å². The highest BCUT2D eigenvalue weighted by Gasteiger charge is 2.10. The van der Waals surface area contributed by atoms with Crippen LogP contribution < -0.4 is 15.4 Å². The summed E-state index contributed by atoms with van der Waals surface area (Å²) < 4.78 is 7.59. The van der Waals surface area contributed by atoms with Crippen LogP contribution in [0.3, 0.4) is 0 Å². The van der Waals surface area contributed by atoms with Crippen molar-refractivity contribution in [2.24, 2.45) is 4.99 Å². The fourth-order valence-electron chi connectivity index (χ4n) is 2.57. The minimum absolute atomic E-state index is 0. The summed E-state index contributed by atoms with van der Waals surface area (Å²) in [6.45, 7) is 10.4. The first-order valence-corrected chi connectivity index (χ1v) is 9.88. The summed E-state index contributed by atoms with van der Waals surface area (Å²) in [6, 6.07) is 6.14. The van der Waals surface area contributed by atoms with Gasteiger partial charge in [-0.05, 0) is 38.8 Å². The minimum Gasteiger partial charge on any atom is -0.490 e. The number of aromatic nitrogens is 2. The largest absolute Gasteiger partial charge is 0.490 e. The normalized spacial score (nSPS) is 12.1. The number of ether oxygens (including phenoxy) is 1. The van der Waals surface area contributed by atoms with E-state index < -0.39 is 4.92 Å². The number of halogens is 1. The zero-order chi connectivity index (χ0) is 21.2. The monoisotopic (exact) mass is 530 g/mol. The molecule has 1 aromatic heterocycles. The van der Waals surface area contributed by atoms with Crippen molar-refractivity contribution in [1.82, 2.24) is 20.4 Å². The Hall–Kier alpha value is -2.37. The average Bonchev–Trinajstić information content (AvgIpc) is 3.16. The molecule has 0 radical (unpaired) electrons. The molecule has 0 spiro atoms. The lowest BCUT2D eigenvalue weighted by molar-refractivity contribution is -0.385. The Morgan fingerprint density at radius 1 is 1.37 bits per heavy atom. The van der Waals surface area contributed by atoms with Crippen molar-refractivity contribution in [3.63, 3.8) is 0 Å². The number of nitro groups is 1. The Bertz CT molecular complexity index is 840. The van der Waals surface area contributed by atoms with Crippen molar-refractivity contribution in [2.45, 2.75) is 53.3 Å². The second-order valence-electron chi connectivity index (χ2n) is 6.79. The lowest BCUT2D eigenvalue weighted by Gasteiger charge is -2.17. The van der Waals surface area contributed by atoms with E-state index in [4.69, 9.17) is 4.74 Å². The molecule has 0 bridgehead atoms. The Morgan fingerprint density at radius 3 is 2.77 bits per heavy atom. The molecule has 0 saturated carbocycles. The van der Waals surface area contributed by atoms with Gasteiger partial charge in [0.1, 0.15) is 18.1 Å². The van der Waals surface area contributed by atoms with Gasteiger partial charge in [0.15, 0.2) is 5.96 Å². The topological polar surface area (TPSA) is 107 Å². The zero-order valence-corrected chi connectivity index (χ0v) is 20.3. The van der Waals surface area contributed by atoms with Gasteiger partial charge in [-0.25, -0.2) is 4.99 Å². The molecular formula is C20H31IN6O3. The number of hydrogen-bond donors (Lipinski definition) is 2. The zero-order valence-electron chi connectivity index (χ0n) is 17.9. The van der Waals surface area contributed by atoms with Crippen molar-refractivity contribution in [1.29, 1.82) is 0 Å². The van der Waals surface area contributed by atoms with Gasteiger partial charge in [0.05, 0.1) is 24.1 Å². The molecule has 1 aromatic carbocycles. The molecule has 1 unspecified atom stereocenters. The van der Waals surface area contributed by atoms with Crippen molar-refractivity contribution < 1.29 is 9.66 Å². The van der Waals surface area contributed by atoms with Crippen LogP contribution in [-0.2, 0) is 13.1 Å². The third-order valence-corrected chi connectivity index (χ3v) is 4.34. The fourth-order valence-corrected chi connectivity index (χ4v) is 2.57. The molecule has 2 rings (SSSR count). The maximum atomic E-state index is 10.7. The second-order valence-corrected chi connectivity index (χ2v) is 6.79. The van der Waals surface area contributed by atoms with Gasteiger partial charge in [-0.3, -0.25) is 14.8 Å². The number of guanidine groups is 1. The van der Waals surface area contributed by atoms with E-state index >= 15 is 0 Å². The first-order valence-electron chi connectivity index (χ1n) is 9.88. The van der Waals surface area contributed by atoms with E-state index in [9.17, 15) is 10.1 Å². The predicted molar refractivity (Wildman–Crippen MR) is 129 cm³/mol. The van der Waals surface area contributed by atoms with Crippen LogP contribution in [0.1, 0.15) is 38.3 Å². The van der Waals surface area contributed by atoms with Crippen molar-refractivity contribution >= 4 is 35.6 Å². The molecule has 166 valence electrons. The molecule has 30 heavy (non-hydrogen) atoms. The molecule has 0 amide bonds. The van der Waals surface area contributed by atoms with Crippen LogP contribution in [0.15, 0.2) is 35.6 Å². The van der Waals surface area contributed by atoms with Crippen LogP contribution in [-0.4, -0.2) is 39.9 Å². The van der Waals surface area contributed by atoms with Crippen molar-refractivity contribution in [2.75, 3.05) is 13.1 Å². The van der Waals surface area contributed by atoms with Gasteiger partial charge >= 0.3 is 5.69 Å². The van der Waals surface area contributed by atoms with E-state index in [0.29, 0.717) is 25.6 Å². The average molecular weight is 530 g/mol. The van der Waals surface area contributed by atoms with Crippen LogP contribution in [0.25, 0.3) is 0 Å². The minimum atomic E-state index is -0.455. The molecule has 2 aromatic rings. The third kappa shape index (κ3) is 8.17. The molecular weight excluding hydrogens is 499 g/mol. The summed E-state index contributed by atoms with van der Waals surface area (Å²) in [5.74, 6) is 1.53. The molecule has 0 saturated heterocycles. The summed E-state index contributed by atoms with van der Waals surface area (Å²) in [6.07, 6.45) is 3.74. The molecule has 1 heterocycles. The highest BCUT2D eigenvalue weighted by molar-refractivity contribution is 14.0. The highest BCUT2D eigenvalue weighted by atomic mass is 127. The lowest BCUT2D eigenvalue weighted by atomic mass is 10.1. The lowest BCUT2D eigenvalue weighted by Crippen LogP contribution is -2.38. The van der Waals surface area contributed by atoms with Gasteiger partial charge in [-0.1, -0.05) is 19.1 Å². The standard InChI is InChI=1S/C20H30N6O3.HI/c1-5-16(4)29-19-11-15(3)7-8-17(19)12-23-20(21-6-2)22-9-10-25-14-18(13-24-25)26(27)28;/h7-8,11,13-14,16H,5-6,9-10,12H2,1-4H3,(H2,21,22,23);1H. The number of aliphatic imine (C=N–C) groups is 1. The van der Waals surface area contributed by atoms with Crippen LogP contribution in [0.5, 0.6) is 5.75 Å². The van der Waals surface area contributed by atoms with E-state index in [1.807, 2.05) is 26.0 Å². The van der Waals surface area contributed by atoms with Crippen LogP contribution in [0, 0.1) is 17.0 Å². The molecule has 1 atom stereocenters. The highest BCUT2D eigenvalue weighted by Crippen LogP contribution is 2.23. The van der Waals surface area contributed by atoms with Crippen LogP contribution in [0.4, 0.5) is 5.69 Å². The maximum absolute atomic E-state index is 10.7. The number of hydrogen-bond acceptors (Lipinski definition) is 5. The first kappa shape index (κ1) is 25.7. The summed E-state index contributed by atoms with van der Waals surface area (Å²) in [4.78, 5) is 14.9. The SMILES string of the molecule is CCNC(=NCc1ccc(C)cc1OC(C)CC)NCCn1cc([N+](=O)[O-])cn1.I. The predicted octanol–water partition coefficient (Wildman–Crippen LogP) is 3.65. The summed E-state index contributed by atoms with van der Waals surface area (Å²) in [7, 11) is 0. The summed E-state index contributed by atoms with van der Waals surface area (Å²) in [5, 5.41) is 21.2. The molecule has 0 fully saturated rings. The molecule has 0 aliphatic carbocycles. The Balaban J connectivity index is 0.00000450. The Morgan fingerprint density at radius 2 is 2.13 bits per heavy atom. The quantitative estimate of drug-likeness (QED) is 0.160. The molecule has 9 nitrogen and oxygen atoms in total. The maximum Gasteiger partial charge on any atom is 0.306 e. The Labute approximate surface area is 194 Å². The number of benzene rings is 1. The molecule has 0 aliphatic rings. The Kier molecular flexibility index (Phi) is 11.2. The van der Waals surface area contributed by atoms with E-state index in [1.165, 1.54) is 17.1 Å². The molecule has 2 N–H and O–H groups in total. The van der Waals surface area contributed by atoms with Gasteiger partial charge in [-0.2, -0.15) is 5.10 Å². The van der Waals surface area contributed by atoms with Crippen molar-refractivity contribution in [3.05, 3.63) is 51.8 Å². The summed E-state index contributed by atoms with van der Waals surface area (Å²) in [5.41, 5.74) is 2.16. The molecule has 10 heteroatoms. The van der Waals surface area contributed by atoms with Gasteiger partial charge < -0.3 is 15.4 Å².